The predicted octanol–water partition coefficient (Wildman–Crippen LogP) is 0.833. The van der Waals surface area contributed by atoms with Crippen molar-refractivity contribution in [3.63, 3.8) is 0 Å². The molecule has 0 spiro atoms. The Labute approximate surface area is 105 Å². The molecule has 0 bridgehead atoms. The molecule has 100 valence electrons. The lowest BCUT2D eigenvalue weighted by molar-refractivity contribution is -0.132. The fourth-order valence-electron chi connectivity index (χ4n) is 2.34. The summed E-state index contributed by atoms with van der Waals surface area (Å²) in [5.74, 6) is 0.898. The number of likely N-dealkylation sites (N-methyl/N-ethyl adjacent to an activating group) is 1. The van der Waals surface area contributed by atoms with Crippen molar-refractivity contribution in [3.8, 4) is 0 Å². The number of hydrogen-bond acceptors (Lipinski definition) is 3. The summed E-state index contributed by atoms with van der Waals surface area (Å²) >= 11 is 0. The predicted molar refractivity (Wildman–Crippen MR) is 71.0 cm³/mol. The Morgan fingerprint density at radius 1 is 1.47 bits per heavy atom. The number of carbonyl (C=O) groups excluding carboxylic acids is 1. The number of hydrogen-bond donors (Lipinski definition) is 2. The van der Waals surface area contributed by atoms with E-state index in [4.69, 9.17) is 0 Å². The maximum atomic E-state index is 12.0. The first-order valence-corrected chi connectivity index (χ1v) is 6.91. The summed E-state index contributed by atoms with van der Waals surface area (Å²) in [6.07, 6.45) is 2.52. The third kappa shape index (κ3) is 4.64. The molecular formula is C13H27N3O. The Balaban J connectivity index is 2.27. The Morgan fingerprint density at radius 2 is 2.18 bits per heavy atom. The van der Waals surface area contributed by atoms with Gasteiger partial charge in [0.25, 0.3) is 0 Å². The highest BCUT2D eigenvalue weighted by Gasteiger charge is 2.19. The molecule has 4 nitrogen and oxygen atoms in total. The van der Waals surface area contributed by atoms with Crippen molar-refractivity contribution in [1.82, 2.24) is 15.5 Å². The molecule has 0 aliphatic carbocycles. The van der Waals surface area contributed by atoms with Gasteiger partial charge in [-0.2, -0.15) is 0 Å². The van der Waals surface area contributed by atoms with Crippen LogP contribution in [0.4, 0.5) is 0 Å². The summed E-state index contributed by atoms with van der Waals surface area (Å²) < 4.78 is 0. The summed E-state index contributed by atoms with van der Waals surface area (Å²) in [6.45, 7) is 10.8. The molecule has 17 heavy (non-hydrogen) atoms. The minimum absolute atomic E-state index is 0.0585. The highest BCUT2D eigenvalue weighted by Crippen LogP contribution is 2.08. The largest absolute Gasteiger partial charge is 0.342 e. The monoisotopic (exact) mass is 241 g/mol. The van der Waals surface area contributed by atoms with E-state index in [1.807, 2.05) is 25.7 Å². The summed E-state index contributed by atoms with van der Waals surface area (Å²) in [5, 5.41) is 6.77. The molecule has 1 aliphatic rings. The molecule has 0 aromatic carbocycles. The fourth-order valence-corrected chi connectivity index (χ4v) is 2.34. The fraction of sp³-hybridized carbons (Fsp3) is 0.923. The SMILES string of the molecule is CCN(CC)C(=O)C(C)NCC1CCCNC1. The van der Waals surface area contributed by atoms with Gasteiger partial charge in [0, 0.05) is 13.1 Å². The molecule has 1 amide bonds. The zero-order valence-corrected chi connectivity index (χ0v) is 11.5. The van der Waals surface area contributed by atoms with Gasteiger partial charge in [0.05, 0.1) is 6.04 Å². The molecule has 1 heterocycles. The van der Waals surface area contributed by atoms with Crippen molar-refractivity contribution in [3.05, 3.63) is 0 Å². The van der Waals surface area contributed by atoms with E-state index in [0.717, 1.165) is 32.7 Å². The van der Waals surface area contributed by atoms with Gasteiger partial charge in [-0.15, -0.1) is 0 Å². The van der Waals surface area contributed by atoms with Gasteiger partial charge in [0.15, 0.2) is 0 Å². The smallest absolute Gasteiger partial charge is 0.239 e. The minimum atomic E-state index is -0.0585. The van der Waals surface area contributed by atoms with Crippen LogP contribution in [0.25, 0.3) is 0 Å². The van der Waals surface area contributed by atoms with Crippen LogP contribution in [0.15, 0.2) is 0 Å². The van der Waals surface area contributed by atoms with E-state index in [2.05, 4.69) is 10.6 Å². The molecule has 2 atom stereocenters. The van der Waals surface area contributed by atoms with E-state index in [1.165, 1.54) is 12.8 Å². The highest BCUT2D eigenvalue weighted by molar-refractivity contribution is 5.81. The lowest BCUT2D eigenvalue weighted by atomic mass is 9.99. The molecule has 1 rings (SSSR count). The number of rotatable bonds is 6. The van der Waals surface area contributed by atoms with Gasteiger partial charge in [-0.1, -0.05) is 0 Å². The number of amides is 1. The first-order chi connectivity index (χ1) is 8.19. The average molecular weight is 241 g/mol. The second-order valence-corrected chi connectivity index (χ2v) is 4.85. The molecule has 1 fully saturated rings. The van der Waals surface area contributed by atoms with Crippen molar-refractivity contribution in [2.24, 2.45) is 5.92 Å². The first kappa shape index (κ1) is 14.5. The zero-order chi connectivity index (χ0) is 12.7. The van der Waals surface area contributed by atoms with Crippen LogP contribution in [-0.4, -0.2) is 49.6 Å². The molecule has 4 heteroatoms. The van der Waals surface area contributed by atoms with Gasteiger partial charge in [-0.25, -0.2) is 0 Å². The Morgan fingerprint density at radius 3 is 2.71 bits per heavy atom. The topological polar surface area (TPSA) is 44.4 Å². The van der Waals surface area contributed by atoms with Crippen molar-refractivity contribution < 1.29 is 4.79 Å². The second-order valence-electron chi connectivity index (χ2n) is 4.85. The second kappa shape index (κ2) is 7.67. The molecule has 0 saturated carbocycles. The van der Waals surface area contributed by atoms with Gasteiger partial charge in [0.2, 0.25) is 5.91 Å². The van der Waals surface area contributed by atoms with Gasteiger partial charge in [-0.3, -0.25) is 4.79 Å². The molecular weight excluding hydrogens is 214 g/mol. The summed E-state index contributed by atoms with van der Waals surface area (Å²) in [6, 6.07) is -0.0585. The normalized spacial score (nSPS) is 22.2. The van der Waals surface area contributed by atoms with Crippen LogP contribution in [0.5, 0.6) is 0 Å². The summed E-state index contributed by atoms with van der Waals surface area (Å²) in [4.78, 5) is 13.9. The molecule has 0 radical (unpaired) electrons. The Bertz CT molecular complexity index is 223. The zero-order valence-electron chi connectivity index (χ0n) is 11.5. The Kier molecular flexibility index (Phi) is 6.52. The van der Waals surface area contributed by atoms with E-state index in [9.17, 15) is 4.79 Å². The highest BCUT2D eigenvalue weighted by atomic mass is 16.2. The van der Waals surface area contributed by atoms with E-state index < -0.39 is 0 Å². The summed E-state index contributed by atoms with van der Waals surface area (Å²) in [5.41, 5.74) is 0. The standard InChI is InChI=1S/C13H27N3O/c1-4-16(5-2)13(17)11(3)15-10-12-7-6-8-14-9-12/h11-12,14-15H,4-10H2,1-3H3. The van der Waals surface area contributed by atoms with E-state index in [-0.39, 0.29) is 11.9 Å². The number of nitrogens with zero attached hydrogens (tertiary/aromatic N) is 1. The molecule has 2 unspecified atom stereocenters. The van der Waals surface area contributed by atoms with Crippen LogP contribution in [-0.2, 0) is 4.79 Å². The van der Waals surface area contributed by atoms with Crippen LogP contribution in [0.3, 0.4) is 0 Å². The molecule has 1 aliphatic heterocycles. The maximum Gasteiger partial charge on any atom is 0.239 e. The van der Waals surface area contributed by atoms with Gasteiger partial charge >= 0.3 is 0 Å². The van der Waals surface area contributed by atoms with Crippen molar-refractivity contribution in [2.75, 3.05) is 32.7 Å². The van der Waals surface area contributed by atoms with Crippen LogP contribution in [0.2, 0.25) is 0 Å². The van der Waals surface area contributed by atoms with Gasteiger partial charge in [-0.05, 0) is 59.2 Å². The molecule has 0 aromatic heterocycles. The number of nitrogens with one attached hydrogen (secondary N) is 2. The average Bonchev–Trinajstić information content (AvgIpc) is 2.38. The lowest BCUT2D eigenvalue weighted by Gasteiger charge is -2.27. The molecule has 0 aromatic rings. The number of piperidine rings is 1. The molecule has 2 N–H and O–H groups in total. The van der Waals surface area contributed by atoms with Crippen LogP contribution < -0.4 is 10.6 Å². The third-order valence-corrected chi connectivity index (χ3v) is 3.56. The first-order valence-electron chi connectivity index (χ1n) is 6.91. The van der Waals surface area contributed by atoms with Crippen molar-refractivity contribution >= 4 is 5.91 Å². The van der Waals surface area contributed by atoms with E-state index >= 15 is 0 Å². The van der Waals surface area contributed by atoms with Crippen molar-refractivity contribution in [2.45, 2.75) is 39.7 Å². The van der Waals surface area contributed by atoms with Crippen molar-refractivity contribution in [1.29, 1.82) is 0 Å². The Hall–Kier alpha value is -0.610. The van der Waals surface area contributed by atoms with Gasteiger partial charge in [0.1, 0.15) is 0 Å². The third-order valence-electron chi connectivity index (χ3n) is 3.56. The maximum absolute atomic E-state index is 12.0. The van der Waals surface area contributed by atoms with E-state index in [0.29, 0.717) is 5.92 Å². The van der Waals surface area contributed by atoms with Crippen LogP contribution in [0, 0.1) is 5.92 Å². The van der Waals surface area contributed by atoms with Gasteiger partial charge < -0.3 is 15.5 Å². The molecule has 1 saturated heterocycles. The van der Waals surface area contributed by atoms with Crippen LogP contribution in [0.1, 0.15) is 33.6 Å². The van der Waals surface area contributed by atoms with Crippen LogP contribution >= 0.6 is 0 Å². The quantitative estimate of drug-likeness (QED) is 0.724. The number of carbonyl (C=O) groups is 1. The lowest BCUT2D eigenvalue weighted by Crippen LogP contribution is -2.47. The summed E-state index contributed by atoms with van der Waals surface area (Å²) in [7, 11) is 0. The van der Waals surface area contributed by atoms with E-state index in [1.54, 1.807) is 0 Å². The minimum Gasteiger partial charge on any atom is -0.342 e.